The normalized spacial score (nSPS) is 12.0. The van der Waals surface area contributed by atoms with Crippen LogP contribution < -0.4 is 4.74 Å². The summed E-state index contributed by atoms with van der Waals surface area (Å²) in [6.07, 6.45) is 0.0512. The Hall–Kier alpha value is -2.14. The molecule has 5 heteroatoms. The quantitative estimate of drug-likeness (QED) is 0.782. The number of fused-ring (bicyclic) bond motifs is 1. The van der Waals surface area contributed by atoms with Gasteiger partial charge >= 0.3 is 5.97 Å². The highest BCUT2D eigenvalue weighted by atomic mass is 32.1. The summed E-state index contributed by atoms with van der Waals surface area (Å²) in [5.74, 6) is -0.0291. The van der Waals surface area contributed by atoms with Gasteiger partial charge in [-0.1, -0.05) is 0 Å². The minimum Gasteiger partial charge on any atom is -0.489 e. The van der Waals surface area contributed by atoms with Crippen LogP contribution in [0.25, 0.3) is 10.1 Å². The number of ether oxygens (including phenoxy) is 1. The summed E-state index contributed by atoms with van der Waals surface area (Å²) in [5.41, 5.74) is 3.94. The van der Waals surface area contributed by atoms with E-state index in [0.29, 0.717) is 6.61 Å². The van der Waals surface area contributed by atoms with Crippen LogP contribution in [-0.4, -0.2) is 23.4 Å². The first-order valence-electron chi connectivity index (χ1n) is 7.39. The lowest BCUT2D eigenvalue weighted by Crippen LogP contribution is -2.01. The summed E-state index contributed by atoms with van der Waals surface area (Å²) in [5, 5.41) is 11.8. The maximum atomic E-state index is 10.9. The fourth-order valence-electron chi connectivity index (χ4n) is 2.18. The number of allylic oxidation sites excluding steroid dienone is 1. The molecule has 0 saturated carbocycles. The molecule has 0 amide bonds. The van der Waals surface area contributed by atoms with E-state index in [0.717, 1.165) is 38.4 Å². The van der Waals surface area contributed by atoms with Crippen molar-refractivity contribution in [3.8, 4) is 5.75 Å². The number of carboxylic acid groups (broad SMARTS) is 1. The fourth-order valence-corrected chi connectivity index (χ4v) is 3.17. The number of aliphatic carboxylic acids is 1. The average molecular weight is 331 g/mol. The molecule has 0 fully saturated rings. The lowest BCUT2D eigenvalue weighted by molar-refractivity contribution is -0.136. The lowest BCUT2D eigenvalue weighted by Gasteiger charge is -2.08. The molecule has 0 radical (unpaired) electrons. The third-order valence-electron chi connectivity index (χ3n) is 3.43. The maximum absolute atomic E-state index is 10.9. The highest BCUT2D eigenvalue weighted by molar-refractivity contribution is 7.17. The predicted molar refractivity (Wildman–Crippen MR) is 95.8 cm³/mol. The molecule has 0 saturated heterocycles. The first-order chi connectivity index (χ1) is 10.9. The molecule has 2 rings (SSSR count). The van der Waals surface area contributed by atoms with Crippen LogP contribution in [0.2, 0.25) is 0 Å². The highest BCUT2D eigenvalue weighted by Crippen LogP contribution is 2.30. The summed E-state index contributed by atoms with van der Waals surface area (Å²) in [6.45, 7) is 8.42. The molecule has 4 nitrogen and oxygen atoms in total. The van der Waals surface area contributed by atoms with Gasteiger partial charge in [-0.15, -0.1) is 11.3 Å². The van der Waals surface area contributed by atoms with Crippen LogP contribution in [0.5, 0.6) is 5.75 Å². The summed E-state index contributed by atoms with van der Waals surface area (Å²) in [4.78, 5) is 15.3. The first-order valence-corrected chi connectivity index (χ1v) is 8.27. The predicted octanol–water partition coefficient (Wildman–Crippen LogP) is 4.68. The molecule has 23 heavy (non-hydrogen) atoms. The van der Waals surface area contributed by atoms with E-state index in [1.54, 1.807) is 11.3 Å². The van der Waals surface area contributed by atoms with Gasteiger partial charge in [-0.05, 0) is 67.8 Å². The lowest BCUT2D eigenvalue weighted by atomic mass is 10.1. The van der Waals surface area contributed by atoms with E-state index < -0.39 is 5.97 Å². The zero-order valence-corrected chi connectivity index (χ0v) is 14.7. The van der Waals surface area contributed by atoms with E-state index in [-0.39, 0.29) is 6.42 Å². The third kappa shape index (κ3) is 4.66. The van der Waals surface area contributed by atoms with E-state index in [9.17, 15) is 4.79 Å². The van der Waals surface area contributed by atoms with Gasteiger partial charge in [0.25, 0.3) is 0 Å². The van der Waals surface area contributed by atoms with Gasteiger partial charge in [0, 0.05) is 16.1 Å². The standard InChI is InChI=1S/C18H21NO3S/c1-11(2)19-13(4)12(3)9-22-15-5-6-16-14(7-18(20)21)10-23-17(16)8-15/h5-6,8,10H,7,9H2,1-4H3,(H,20,21)/b13-12+. The third-order valence-corrected chi connectivity index (χ3v) is 4.43. The molecule has 0 bridgehead atoms. The molecule has 0 spiro atoms. The number of carbonyl (C=O) groups is 1. The van der Waals surface area contributed by atoms with Gasteiger partial charge in [0.05, 0.1) is 6.42 Å². The van der Waals surface area contributed by atoms with Gasteiger partial charge in [-0.25, -0.2) is 0 Å². The number of nitrogens with zero attached hydrogens (tertiary/aromatic N) is 1. The molecule has 1 aromatic carbocycles. The monoisotopic (exact) mass is 331 g/mol. The zero-order chi connectivity index (χ0) is 17.0. The molecule has 0 atom stereocenters. The molecule has 0 unspecified atom stereocenters. The van der Waals surface area contributed by atoms with E-state index in [1.807, 2.05) is 51.3 Å². The first kappa shape index (κ1) is 17.2. The van der Waals surface area contributed by atoms with Gasteiger partial charge in [-0.3, -0.25) is 9.79 Å². The number of rotatable bonds is 6. The summed E-state index contributed by atoms with van der Waals surface area (Å²) in [6, 6.07) is 5.78. The Balaban J connectivity index is 2.13. The average Bonchev–Trinajstić information content (AvgIpc) is 2.85. The van der Waals surface area contributed by atoms with Gasteiger partial charge in [0.15, 0.2) is 0 Å². The molecular weight excluding hydrogens is 310 g/mol. The maximum Gasteiger partial charge on any atom is 0.307 e. The second-order valence-corrected chi connectivity index (χ2v) is 6.61. The van der Waals surface area contributed by atoms with Crippen molar-refractivity contribution < 1.29 is 14.6 Å². The van der Waals surface area contributed by atoms with Crippen molar-refractivity contribution in [2.45, 2.75) is 34.1 Å². The highest BCUT2D eigenvalue weighted by Gasteiger charge is 2.09. The number of hydrogen-bond acceptors (Lipinski definition) is 4. The summed E-state index contributed by atoms with van der Waals surface area (Å²) in [7, 11) is 0. The van der Waals surface area contributed by atoms with E-state index in [4.69, 9.17) is 9.84 Å². The minimum atomic E-state index is -0.812. The second-order valence-electron chi connectivity index (χ2n) is 5.70. The number of benzene rings is 1. The molecular formula is C18H21NO3S. The van der Waals surface area contributed by atoms with Crippen LogP contribution in [0.3, 0.4) is 0 Å². The molecule has 2 aromatic rings. The van der Waals surface area contributed by atoms with Crippen molar-refractivity contribution >= 4 is 33.1 Å². The van der Waals surface area contributed by atoms with Crippen molar-refractivity contribution in [1.29, 1.82) is 0 Å². The van der Waals surface area contributed by atoms with Crippen LogP contribution in [0.1, 0.15) is 33.3 Å². The van der Waals surface area contributed by atoms with Crippen LogP contribution >= 0.6 is 11.3 Å². The van der Waals surface area contributed by atoms with Crippen molar-refractivity contribution in [2.75, 3.05) is 6.61 Å². The number of aliphatic imine (C=N–C) groups is 1. The largest absolute Gasteiger partial charge is 0.489 e. The van der Waals surface area contributed by atoms with E-state index in [1.165, 1.54) is 0 Å². The SMILES string of the molecule is CC(C)=N/C(C)=C(\C)COc1ccc2c(CC(=O)O)csc2c1. The van der Waals surface area contributed by atoms with Crippen molar-refractivity contribution in [1.82, 2.24) is 0 Å². The number of hydrogen-bond donors (Lipinski definition) is 1. The molecule has 0 aliphatic rings. The smallest absolute Gasteiger partial charge is 0.307 e. The van der Waals surface area contributed by atoms with E-state index >= 15 is 0 Å². The summed E-state index contributed by atoms with van der Waals surface area (Å²) < 4.78 is 6.87. The van der Waals surface area contributed by atoms with Crippen LogP contribution in [0.4, 0.5) is 0 Å². The number of carboxylic acids is 1. The molecule has 0 aliphatic carbocycles. The molecule has 1 N–H and O–H groups in total. The van der Waals surface area contributed by atoms with Crippen molar-refractivity contribution in [3.63, 3.8) is 0 Å². The molecule has 122 valence electrons. The van der Waals surface area contributed by atoms with Gasteiger partial charge < -0.3 is 9.84 Å². The van der Waals surface area contributed by atoms with Gasteiger partial charge in [0.2, 0.25) is 0 Å². The van der Waals surface area contributed by atoms with Crippen LogP contribution in [0, 0.1) is 0 Å². The summed E-state index contributed by atoms with van der Waals surface area (Å²) >= 11 is 1.54. The molecule has 1 aromatic heterocycles. The fraction of sp³-hybridized carbons (Fsp3) is 0.333. The Morgan fingerprint density at radius 1 is 1.26 bits per heavy atom. The zero-order valence-electron chi connectivity index (χ0n) is 13.8. The Bertz CT molecular complexity index is 783. The Morgan fingerprint density at radius 2 is 2.00 bits per heavy atom. The van der Waals surface area contributed by atoms with Gasteiger partial charge in [-0.2, -0.15) is 0 Å². The van der Waals surface area contributed by atoms with Crippen LogP contribution in [-0.2, 0) is 11.2 Å². The minimum absolute atomic E-state index is 0.0512. The van der Waals surface area contributed by atoms with E-state index in [2.05, 4.69) is 4.99 Å². The molecule has 1 heterocycles. The molecule has 0 aliphatic heterocycles. The van der Waals surface area contributed by atoms with Crippen molar-refractivity contribution in [2.24, 2.45) is 4.99 Å². The Morgan fingerprint density at radius 3 is 2.65 bits per heavy atom. The van der Waals surface area contributed by atoms with Crippen LogP contribution in [0.15, 0.2) is 39.8 Å². The van der Waals surface area contributed by atoms with Crippen molar-refractivity contribution in [3.05, 3.63) is 40.4 Å². The Kier molecular flexibility index (Phi) is 5.55. The number of thiophene rings is 1. The topological polar surface area (TPSA) is 58.9 Å². The second kappa shape index (κ2) is 7.42. The Labute approximate surface area is 140 Å². The van der Waals surface area contributed by atoms with Gasteiger partial charge in [0.1, 0.15) is 12.4 Å².